The Morgan fingerprint density at radius 1 is 1.11 bits per heavy atom. The second-order valence-corrected chi connectivity index (χ2v) is 8.67. The molecular formula is C24H22F3N5O3. The number of benzene rings is 2. The first kappa shape index (κ1) is 22.8. The number of nitrogens with one attached hydrogen (secondary N) is 2. The van der Waals surface area contributed by atoms with Gasteiger partial charge in [-0.2, -0.15) is 13.2 Å². The number of hydrogen-bond acceptors (Lipinski definition) is 4. The van der Waals surface area contributed by atoms with Gasteiger partial charge in [-0.25, -0.2) is 9.78 Å². The highest BCUT2D eigenvalue weighted by Gasteiger charge is 2.39. The Labute approximate surface area is 197 Å². The zero-order valence-corrected chi connectivity index (χ0v) is 18.6. The number of para-hydroxylation sites is 2. The molecule has 0 saturated heterocycles. The SMILES string of the molecule is CN(C(=O)c1ccc(-n2c(C(F)(F)F)nc3ccccc32)cc1)C1CCCC1c1[nH]c(=O)[nH]c1O. The number of halogens is 3. The van der Waals surface area contributed by atoms with E-state index < -0.39 is 17.7 Å². The second kappa shape index (κ2) is 8.33. The van der Waals surface area contributed by atoms with E-state index in [1.807, 2.05) is 0 Å². The zero-order valence-electron chi connectivity index (χ0n) is 18.6. The molecule has 1 amide bonds. The molecule has 1 saturated carbocycles. The summed E-state index contributed by atoms with van der Waals surface area (Å²) in [6.45, 7) is 0. The van der Waals surface area contributed by atoms with Gasteiger partial charge in [0.15, 0.2) is 0 Å². The molecular weight excluding hydrogens is 463 g/mol. The maximum atomic E-state index is 13.7. The number of aromatic hydroxyl groups is 1. The predicted molar refractivity (Wildman–Crippen MR) is 122 cm³/mol. The van der Waals surface area contributed by atoms with Crippen molar-refractivity contribution >= 4 is 16.9 Å². The fourth-order valence-electron chi connectivity index (χ4n) is 4.98. The zero-order chi connectivity index (χ0) is 24.9. The first-order valence-electron chi connectivity index (χ1n) is 11.1. The van der Waals surface area contributed by atoms with Crippen molar-refractivity contribution in [3.8, 4) is 11.6 Å². The Balaban J connectivity index is 1.44. The van der Waals surface area contributed by atoms with Gasteiger partial charge in [0.05, 0.1) is 16.7 Å². The Bertz CT molecular complexity index is 1450. The van der Waals surface area contributed by atoms with Crippen LogP contribution in [0.3, 0.4) is 0 Å². The van der Waals surface area contributed by atoms with Crippen LogP contribution in [-0.4, -0.2) is 48.5 Å². The molecule has 8 nitrogen and oxygen atoms in total. The third-order valence-corrected chi connectivity index (χ3v) is 6.59. The largest absolute Gasteiger partial charge is 0.493 e. The van der Waals surface area contributed by atoms with Crippen molar-refractivity contribution in [3.63, 3.8) is 0 Å². The summed E-state index contributed by atoms with van der Waals surface area (Å²) in [4.78, 5) is 35.0. The molecule has 2 heterocycles. The minimum Gasteiger partial charge on any atom is -0.493 e. The van der Waals surface area contributed by atoms with Gasteiger partial charge in [-0.15, -0.1) is 0 Å². The van der Waals surface area contributed by atoms with Crippen LogP contribution in [0, 0.1) is 0 Å². The number of aromatic nitrogens is 4. The maximum absolute atomic E-state index is 13.7. The van der Waals surface area contributed by atoms with Crippen LogP contribution < -0.4 is 5.69 Å². The summed E-state index contributed by atoms with van der Waals surface area (Å²) < 4.78 is 42.1. The van der Waals surface area contributed by atoms with Gasteiger partial charge < -0.3 is 15.0 Å². The summed E-state index contributed by atoms with van der Waals surface area (Å²) in [5.41, 5.74) is 0.936. The van der Waals surface area contributed by atoms with Crippen LogP contribution in [-0.2, 0) is 6.18 Å². The lowest BCUT2D eigenvalue weighted by atomic mass is 9.98. The van der Waals surface area contributed by atoms with Gasteiger partial charge in [0.1, 0.15) is 0 Å². The Morgan fingerprint density at radius 3 is 2.49 bits per heavy atom. The molecule has 35 heavy (non-hydrogen) atoms. The van der Waals surface area contributed by atoms with Gasteiger partial charge in [-0.3, -0.25) is 14.3 Å². The highest BCUT2D eigenvalue weighted by molar-refractivity contribution is 5.94. The number of carbonyl (C=O) groups excluding carboxylic acids is 1. The predicted octanol–water partition coefficient (Wildman–Crippen LogP) is 4.17. The number of imidazole rings is 2. The standard InChI is InChI=1S/C24H22F3N5O3/c1-31(17-8-4-5-15(17)19-20(33)30-23(35)29-19)21(34)13-9-11-14(12-10-13)32-18-7-3-2-6-16(18)28-22(32)24(25,26)27/h2-3,6-7,9-12,15,17,33H,4-5,8H2,1H3,(H2,29,30,35). The number of aromatic amines is 2. The van der Waals surface area contributed by atoms with Gasteiger partial charge in [-0.05, 0) is 49.2 Å². The molecule has 5 rings (SSSR count). The molecule has 2 aromatic heterocycles. The molecule has 4 aromatic rings. The van der Waals surface area contributed by atoms with Gasteiger partial charge in [0.2, 0.25) is 11.7 Å². The summed E-state index contributed by atoms with van der Waals surface area (Å²) in [6.07, 6.45) is -2.47. The van der Waals surface area contributed by atoms with Crippen LogP contribution in [0.1, 0.15) is 47.1 Å². The van der Waals surface area contributed by atoms with Crippen molar-refractivity contribution in [2.75, 3.05) is 7.05 Å². The molecule has 0 aliphatic heterocycles. The van der Waals surface area contributed by atoms with Crippen molar-refractivity contribution in [1.82, 2.24) is 24.4 Å². The number of fused-ring (bicyclic) bond motifs is 1. The van der Waals surface area contributed by atoms with Gasteiger partial charge in [0, 0.05) is 30.3 Å². The average molecular weight is 485 g/mol. The summed E-state index contributed by atoms with van der Waals surface area (Å²) in [6, 6.07) is 12.0. The van der Waals surface area contributed by atoms with Gasteiger partial charge in [-0.1, -0.05) is 18.6 Å². The number of rotatable bonds is 4. The molecule has 0 radical (unpaired) electrons. The van der Waals surface area contributed by atoms with Crippen LogP contribution in [0.25, 0.3) is 16.7 Å². The lowest BCUT2D eigenvalue weighted by Gasteiger charge is -2.29. The van der Waals surface area contributed by atoms with E-state index in [-0.39, 0.29) is 35.0 Å². The first-order valence-corrected chi connectivity index (χ1v) is 11.1. The summed E-state index contributed by atoms with van der Waals surface area (Å²) in [5, 5.41) is 10.0. The van der Waals surface area contributed by atoms with Crippen LogP contribution in [0.2, 0.25) is 0 Å². The number of likely N-dealkylation sites (N-methyl/N-ethyl adjacent to an activating group) is 1. The molecule has 11 heteroatoms. The van der Waals surface area contributed by atoms with Crippen LogP contribution in [0.4, 0.5) is 13.2 Å². The maximum Gasteiger partial charge on any atom is 0.450 e. The average Bonchev–Trinajstić information content (AvgIpc) is 3.54. The van der Waals surface area contributed by atoms with E-state index in [4.69, 9.17) is 0 Å². The third kappa shape index (κ3) is 3.96. The Hall–Kier alpha value is -4.02. The van der Waals surface area contributed by atoms with E-state index in [9.17, 15) is 27.9 Å². The summed E-state index contributed by atoms with van der Waals surface area (Å²) in [5.74, 6) is -1.82. The lowest BCUT2D eigenvalue weighted by molar-refractivity contribution is -0.145. The van der Waals surface area contributed by atoms with Crippen LogP contribution in [0.15, 0.2) is 53.3 Å². The van der Waals surface area contributed by atoms with E-state index in [0.717, 1.165) is 11.0 Å². The summed E-state index contributed by atoms with van der Waals surface area (Å²) in [7, 11) is 1.65. The van der Waals surface area contributed by atoms with Crippen LogP contribution >= 0.6 is 0 Å². The minimum absolute atomic E-state index is 0.220. The highest BCUT2D eigenvalue weighted by atomic mass is 19.4. The fraction of sp³-hybridized carbons (Fsp3) is 0.292. The quantitative estimate of drug-likeness (QED) is 0.403. The molecule has 1 fully saturated rings. The molecule has 2 aromatic carbocycles. The number of amides is 1. The van der Waals surface area contributed by atoms with Crippen molar-refractivity contribution < 1.29 is 23.1 Å². The molecule has 0 spiro atoms. The number of H-pyrrole nitrogens is 2. The first-order chi connectivity index (χ1) is 16.6. The molecule has 1 aliphatic carbocycles. The van der Waals surface area contributed by atoms with Crippen molar-refractivity contribution in [3.05, 3.63) is 76.1 Å². The van der Waals surface area contributed by atoms with Gasteiger partial charge >= 0.3 is 11.9 Å². The van der Waals surface area contributed by atoms with E-state index in [1.165, 1.54) is 30.3 Å². The number of alkyl halides is 3. The van der Waals surface area contributed by atoms with Crippen molar-refractivity contribution in [1.29, 1.82) is 0 Å². The fourth-order valence-corrected chi connectivity index (χ4v) is 4.98. The lowest BCUT2D eigenvalue weighted by Crippen LogP contribution is -2.38. The smallest absolute Gasteiger partial charge is 0.450 e. The summed E-state index contributed by atoms with van der Waals surface area (Å²) >= 11 is 0. The molecule has 1 aliphatic rings. The van der Waals surface area contributed by atoms with E-state index in [0.29, 0.717) is 29.6 Å². The van der Waals surface area contributed by atoms with Gasteiger partial charge in [0.25, 0.3) is 5.91 Å². The third-order valence-electron chi connectivity index (χ3n) is 6.59. The highest BCUT2D eigenvalue weighted by Crippen LogP contribution is 2.39. The van der Waals surface area contributed by atoms with E-state index >= 15 is 0 Å². The topological polar surface area (TPSA) is 107 Å². The Kier molecular flexibility index (Phi) is 5.42. The molecule has 2 unspecified atom stereocenters. The second-order valence-electron chi connectivity index (χ2n) is 8.67. The molecule has 182 valence electrons. The number of carbonyl (C=O) groups is 1. The van der Waals surface area contributed by atoms with Crippen LogP contribution in [0.5, 0.6) is 5.88 Å². The monoisotopic (exact) mass is 485 g/mol. The molecule has 2 atom stereocenters. The molecule has 3 N–H and O–H groups in total. The number of hydrogen-bond donors (Lipinski definition) is 3. The van der Waals surface area contributed by atoms with E-state index in [2.05, 4.69) is 15.0 Å². The minimum atomic E-state index is -4.66. The van der Waals surface area contributed by atoms with Crippen molar-refractivity contribution in [2.24, 2.45) is 0 Å². The Morgan fingerprint density at radius 2 is 1.83 bits per heavy atom. The number of nitrogens with zero attached hydrogens (tertiary/aromatic N) is 3. The van der Waals surface area contributed by atoms with E-state index in [1.54, 1.807) is 30.1 Å². The molecule has 0 bridgehead atoms. The van der Waals surface area contributed by atoms with Crippen molar-refractivity contribution in [2.45, 2.75) is 37.4 Å². The normalized spacial score (nSPS) is 18.3.